The normalized spacial score (nSPS) is 32.6. The van der Waals surface area contributed by atoms with Gasteiger partial charge >= 0.3 is 0 Å². The molecule has 3 aliphatic rings. The van der Waals surface area contributed by atoms with Gasteiger partial charge in [0.05, 0.1) is 0 Å². The van der Waals surface area contributed by atoms with E-state index in [1.807, 2.05) is 0 Å². The Bertz CT molecular complexity index is 458. The molecule has 20 heavy (non-hydrogen) atoms. The highest BCUT2D eigenvalue weighted by atomic mass is 15.2. The summed E-state index contributed by atoms with van der Waals surface area (Å²) >= 11 is 0. The second kappa shape index (κ2) is 4.85. The van der Waals surface area contributed by atoms with Crippen molar-refractivity contribution < 1.29 is 0 Å². The fourth-order valence-corrected chi connectivity index (χ4v) is 4.67. The lowest BCUT2D eigenvalue weighted by Gasteiger charge is -2.45. The summed E-state index contributed by atoms with van der Waals surface area (Å²) < 4.78 is 0. The van der Waals surface area contributed by atoms with Gasteiger partial charge in [-0.2, -0.15) is 0 Å². The summed E-state index contributed by atoms with van der Waals surface area (Å²) in [7, 11) is 0. The van der Waals surface area contributed by atoms with E-state index >= 15 is 0 Å². The molecule has 0 aromatic heterocycles. The number of hydrogen-bond donors (Lipinski definition) is 1. The molecule has 0 amide bonds. The van der Waals surface area contributed by atoms with E-state index in [0.717, 1.165) is 0 Å². The minimum Gasteiger partial charge on any atom is -0.316 e. The Balaban J connectivity index is 1.48. The molecule has 1 N–H and O–H groups in total. The maximum Gasteiger partial charge on any atom is 0.00803 e. The van der Waals surface area contributed by atoms with E-state index in [-0.39, 0.29) is 0 Å². The van der Waals surface area contributed by atoms with Crippen LogP contribution in [0.25, 0.3) is 0 Å². The molecule has 2 heterocycles. The van der Waals surface area contributed by atoms with Crippen molar-refractivity contribution in [3.8, 4) is 0 Å². The number of benzene rings is 1. The average molecular weight is 270 g/mol. The molecule has 1 aromatic rings. The maximum atomic E-state index is 3.57. The summed E-state index contributed by atoms with van der Waals surface area (Å²) in [5, 5.41) is 3.57. The minimum atomic E-state index is 0.471. The molecule has 1 saturated carbocycles. The van der Waals surface area contributed by atoms with E-state index in [1.54, 1.807) is 5.56 Å². The predicted molar refractivity (Wildman–Crippen MR) is 82.9 cm³/mol. The molecule has 0 bridgehead atoms. The largest absolute Gasteiger partial charge is 0.316 e. The van der Waals surface area contributed by atoms with Crippen LogP contribution in [-0.2, 0) is 5.41 Å². The van der Waals surface area contributed by atoms with Crippen molar-refractivity contribution in [3.63, 3.8) is 0 Å². The van der Waals surface area contributed by atoms with E-state index in [1.165, 1.54) is 64.8 Å². The van der Waals surface area contributed by atoms with Crippen LogP contribution in [0.4, 0.5) is 0 Å². The van der Waals surface area contributed by atoms with Gasteiger partial charge in [-0.05, 0) is 49.8 Å². The number of nitrogens with one attached hydrogen (secondary N) is 1. The van der Waals surface area contributed by atoms with Gasteiger partial charge in [0.2, 0.25) is 0 Å². The van der Waals surface area contributed by atoms with Gasteiger partial charge in [-0.25, -0.2) is 0 Å². The van der Waals surface area contributed by atoms with Gasteiger partial charge < -0.3 is 10.2 Å². The zero-order chi connectivity index (χ0) is 13.5. The zero-order valence-corrected chi connectivity index (χ0v) is 12.4. The van der Waals surface area contributed by atoms with E-state index < -0.39 is 0 Å². The van der Waals surface area contributed by atoms with Crippen LogP contribution in [-0.4, -0.2) is 37.6 Å². The molecule has 2 aliphatic heterocycles. The van der Waals surface area contributed by atoms with Crippen molar-refractivity contribution in [2.75, 3.05) is 32.7 Å². The Morgan fingerprint density at radius 1 is 1.05 bits per heavy atom. The first-order chi connectivity index (χ1) is 9.80. The van der Waals surface area contributed by atoms with Crippen LogP contribution < -0.4 is 5.32 Å². The standard InChI is InChI=1S/C18H26N2/c1-2-5-16(6-3-1)18(7-4-8-18)15-20-12-10-17(14-20)9-11-19-13-17/h1-3,5-6,19H,4,7-15H2. The van der Waals surface area contributed by atoms with Crippen molar-refractivity contribution in [2.45, 2.75) is 37.5 Å². The van der Waals surface area contributed by atoms with Gasteiger partial charge in [-0.3, -0.25) is 0 Å². The van der Waals surface area contributed by atoms with E-state index in [2.05, 4.69) is 40.5 Å². The van der Waals surface area contributed by atoms with Crippen LogP contribution in [0.1, 0.15) is 37.7 Å². The average Bonchev–Trinajstić information content (AvgIpc) is 3.06. The number of rotatable bonds is 3. The van der Waals surface area contributed by atoms with Gasteiger partial charge in [0, 0.05) is 25.0 Å². The third-order valence-electron chi connectivity index (χ3n) is 6.07. The highest BCUT2D eigenvalue weighted by Gasteiger charge is 2.45. The molecule has 108 valence electrons. The van der Waals surface area contributed by atoms with Crippen molar-refractivity contribution in [1.29, 1.82) is 0 Å². The number of nitrogens with zero attached hydrogens (tertiary/aromatic N) is 1. The summed E-state index contributed by atoms with van der Waals surface area (Å²) in [5.74, 6) is 0. The molecule has 4 rings (SSSR count). The molecule has 1 unspecified atom stereocenters. The Hall–Kier alpha value is -0.860. The van der Waals surface area contributed by atoms with Gasteiger partial charge in [0.25, 0.3) is 0 Å². The molecule has 2 heteroatoms. The van der Waals surface area contributed by atoms with E-state index in [9.17, 15) is 0 Å². The molecule has 0 radical (unpaired) electrons. The summed E-state index contributed by atoms with van der Waals surface area (Å²) in [6.45, 7) is 6.42. The Morgan fingerprint density at radius 2 is 1.90 bits per heavy atom. The number of likely N-dealkylation sites (tertiary alicyclic amines) is 1. The lowest BCUT2D eigenvalue weighted by Crippen LogP contribution is -2.45. The zero-order valence-electron chi connectivity index (χ0n) is 12.4. The highest BCUT2D eigenvalue weighted by Crippen LogP contribution is 2.46. The van der Waals surface area contributed by atoms with Crippen LogP contribution in [0.2, 0.25) is 0 Å². The maximum absolute atomic E-state index is 3.57. The van der Waals surface area contributed by atoms with Gasteiger partial charge in [0.15, 0.2) is 0 Å². The molecule has 2 nitrogen and oxygen atoms in total. The van der Waals surface area contributed by atoms with Crippen LogP contribution in [0, 0.1) is 5.41 Å². The first-order valence-corrected chi connectivity index (χ1v) is 8.29. The van der Waals surface area contributed by atoms with Crippen molar-refractivity contribution in [2.24, 2.45) is 5.41 Å². The van der Waals surface area contributed by atoms with Crippen molar-refractivity contribution >= 4 is 0 Å². The van der Waals surface area contributed by atoms with Crippen LogP contribution in [0.3, 0.4) is 0 Å². The van der Waals surface area contributed by atoms with E-state index in [0.29, 0.717) is 10.8 Å². The Morgan fingerprint density at radius 3 is 2.55 bits per heavy atom. The fraction of sp³-hybridized carbons (Fsp3) is 0.667. The Kier molecular flexibility index (Phi) is 3.12. The second-order valence-electron chi connectivity index (χ2n) is 7.39. The minimum absolute atomic E-state index is 0.471. The first kappa shape index (κ1) is 12.8. The summed E-state index contributed by atoms with van der Waals surface area (Å²) in [6, 6.07) is 11.3. The second-order valence-corrected chi connectivity index (χ2v) is 7.39. The summed E-state index contributed by atoms with van der Waals surface area (Å²) in [6.07, 6.45) is 6.99. The van der Waals surface area contributed by atoms with Crippen molar-refractivity contribution in [1.82, 2.24) is 10.2 Å². The molecule has 1 aromatic carbocycles. The number of hydrogen-bond acceptors (Lipinski definition) is 2. The van der Waals surface area contributed by atoms with Gasteiger partial charge in [-0.15, -0.1) is 0 Å². The first-order valence-electron chi connectivity index (χ1n) is 8.29. The summed E-state index contributed by atoms with van der Waals surface area (Å²) in [4.78, 5) is 2.76. The monoisotopic (exact) mass is 270 g/mol. The van der Waals surface area contributed by atoms with Gasteiger partial charge in [-0.1, -0.05) is 36.8 Å². The SMILES string of the molecule is c1ccc(C2(CN3CCC4(CCNC4)C3)CCC2)cc1. The third-order valence-corrected chi connectivity index (χ3v) is 6.07. The fourth-order valence-electron chi connectivity index (χ4n) is 4.67. The highest BCUT2D eigenvalue weighted by molar-refractivity contribution is 5.28. The topological polar surface area (TPSA) is 15.3 Å². The smallest absolute Gasteiger partial charge is 0.00803 e. The molecule has 3 fully saturated rings. The van der Waals surface area contributed by atoms with Crippen LogP contribution >= 0.6 is 0 Å². The quantitative estimate of drug-likeness (QED) is 0.908. The van der Waals surface area contributed by atoms with Gasteiger partial charge in [0.1, 0.15) is 0 Å². The molecule has 1 spiro atoms. The lowest BCUT2D eigenvalue weighted by atomic mass is 9.64. The molecular formula is C18H26N2. The third kappa shape index (κ3) is 2.10. The van der Waals surface area contributed by atoms with Crippen LogP contribution in [0.15, 0.2) is 30.3 Å². The molecule has 1 aliphatic carbocycles. The van der Waals surface area contributed by atoms with Crippen molar-refractivity contribution in [3.05, 3.63) is 35.9 Å². The molecule has 1 atom stereocenters. The lowest BCUT2D eigenvalue weighted by molar-refractivity contribution is 0.148. The van der Waals surface area contributed by atoms with Crippen LogP contribution in [0.5, 0.6) is 0 Å². The Labute approximate surface area is 122 Å². The van der Waals surface area contributed by atoms with E-state index in [4.69, 9.17) is 0 Å². The predicted octanol–water partition coefficient (Wildman–Crippen LogP) is 2.79. The molecular weight excluding hydrogens is 244 g/mol. The molecule has 2 saturated heterocycles. The summed E-state index contributed by atoms with van der Waals surface area (Å²) in [5.41, 5.74) is 2.66.